The van der Waals surface area contributed by atoms with Gasteiger partial charge in [-0.2, -0.15) is 0 Å². The summed E-state index contributed by atoms with van der Waals surface area (Å²) in [6.45, 7) is 3.13. The van der Waals surface area contributed by atoms with Crippen molar-refractivity contribution in [2.75, 3.05) is 13.2 Å². The van der Waals surface area contributed by atoms with Crippen LogP contribution in [0.3, 0.4) is 0 Å². The first kappa shape index (κ1) is 20.9. The number of ether oxygens (including phenoxy) is 4. The summed E-state index contributed by atoms with van der Waals surface area (Å²) in [6, 6.07) is 12.6. The molecule has 0 aromatic heterocycles. The highest BCUT2D eigenvalue weighted by Gasteiger charge is 2.56. The lowest BCUT2D eigenvalue weighted by atomic mass is 10.2. The molecule has 144 valence electrons. The summed E-state index contributed by atoms with van der Waals surface area (Å²) in [5, 5.41) is 0.330. The lowest BCUT2D eigenvalue weighted by Gasteiger charge is -2.30. The predicted octanol–water partition coefficient (Wildman–Crippen LogP) is 4.27. The van der Waals surface area contributed by atoms with Crippen molar-refractivity contribution in [3.63, 3.8) is 0 Å². The number of esters is 2. The van der Waals surface area contributed by atoms with E-state index >= 15 is 0 Å². The summed E-state index contributed by atoms with van der Waals surface area (Å²) in [5.41, 5.74) is 0. The zero-order valence-electron chi connectivity index (χ0n) is 14.7. The van der Waals surface area contributed by atoms with Gasteiger partial charge in [0.15, 0.2) is 0 Å². The molecule has 0 radical (unpaired) electrons. The molecule has 0 aliphatic carbocycles. The fourth-order valence-electron chi connectivity index (χ4n) is 2.09. The smallest absolute Gasteiger partial charge is 0.453 e. The highest BCUT2D eigenvalue weighted by molar-refractivity contribution is 6.32. The van der Waals surface area contributed by atoms with E-state index < -0.39 is 17.7 Å². The van der Waals surface area contributed by atoms with Crippen molar-refractivity contribution in [1.29, 1.82) is 0 Å². The normalized spacial score (nSPS) is 10.8. The van der Waals surface area contributed by atoms with E-state index in [0.717, 1.165) is 0 Å². The summed E-state index contributed by atoms with van der Waals surface area (Å²) in [6.07, 6.45) is 0. The third kappa shape index (κ3) is 4.84. The third-order valence-corrected chi connectivity index (χ3v) is 3.89. The van der Waals surface area contributed by atoms with Crippen molar-refractivity contribution >= 4 is 35.1 Å². The first-order valence-corrected chi connectivity index (χ1v) is 8.91. The van der Waals surface area contributed by atoms with E-state index in [0.29, 0.717) is 0 Å². The molecular weight excluding hydrogens is 395 g/mol. The SMILES string of the molecule is CCOC(=O)C(Oc1ccccc1Cl)(Oc1ccccc1Cl)C(=O)OCC. The molecule has 0 saturated carbocycles. The van der Waals surface area contributed by atoms with E-state index in [-0.39, 0.29) is 34.8 Å². The lowest BCUT2D eigenvalue weighted by Crippen LogP contribution is -2.58. The quantitative estimate of drug-likeness (QED) is 0.366. The first-order valence-electron chi connectivity index (χ1n) is 8.16. The number of hydrogen-bond acceptors (Lipinski definition) is 6. The van der Waals surface area contributed by atoms with Crippen molar-refractivity contribution in [3.05, 3.63) is 58.6 Å². The van der Waals surface area contributed by atoms with Gasteiger partial charge in [0.05, 0.1) is 23.3 Å². The second-order valence-electron chi connectivity index (χ2n) is 5.12. The Morgan fingerprint density at radius 3 is 1.48 bits per heavy atom. The molecule has 0 atom stereocenters. The number of hydrogen-bond donors (Lipinski definition) is 0. The van der Waals surface area contributed by atoms with Crippen molar-refractivity contribution in [1.82, 2.24) is 0 Å². The van der Waals surface area contributed by atoms with Crippen LogP contribution in [0.1, 0.15) is 13.8 Å². The standard InChI is InChI=1S/C19H18Cl2O6/c1-3-24-17(22)19(18(23)25-4-2,26-15-11-7-5-9-13(15)20)27-16-12-8-6-10-14(16)21/h5-12H,3-4H2,1-2H3. The van der Waals surface area contributed by atoms with E-state index in [1.54, 1.807) is 38.1 Å². The van der Waals surface area contributed by atoms with Crippen LogP contribution in [-0.4, -0.2) is 30.9 Å². The Balaban J connectivity index is 2.57. The monoisotopic (exact) mass is 412 g/mol. The lowest BCUT2D eigenvalue weighted by molar-refractivity contribution is -0.209. The predicted molar refractivity (Wildman–Crippen MR) is 100 cm³/mol. The number of carbonyl (C=O) groups excluding carboxylic acids is 2. The number of carbonyl (C=O) groups is 2. The van der Waals surface area contributed by atoms with Crippen LogP contribution >= 0.6 is 23.2 Å². The van der Waals surface area contributed by atoms with Crippen molar-refractivity contribution in [3.8, 4) is 11.5 Å². The molecule has 2 rings (SSSR count). The van der Waals surface area contributed by atoms with Crippen LogP contribution in [0.2, 0.25) is 10.0 Å². The average Bonchev–Trinajstić information content (AvgIpc) is 2.65. The fraction of sp³-hybridized carbons (Fsp3) is 0.263. The van der Waals surface area contributed by atoms with Gasteiger partial charge in [-0.15, -0.1) is 0 Å². The molecule has 0 saturated heterocycles. The van der Waals surface area contributed by atoms with Gasteiger partial charge in [0.1, 0.15) is 11.5 Å². The molecule has 2 aromatic rings. The average molecular weight is 413 g/mol. The summed E-state index contributed by atoms with van der Waals surface area (Å²) in [5.74, 6) is -4.70. The van der Waals surface area contributed by atoms with Crippen molar-refractivity contribution in [2.24, 2.45) is 0 Å². The molecule has 0 aliphatic heterocycles. The summed E-state index contributed by atoms with van der Waals surface area (Å²) < 4.78 is 21.4. The molecule has 27 heavy (non-hydrogen) atoms. The van der Waals surface area contributed by atoms with Gasteiger partial charge in [-0.1, -0.05) is 47.5 Å². The zero-order valence-corrected chi connectivity index (χ0v) is 16.3. The third-order valence-electron chi connectivity index (χ3n) is 3.27. The first-order chi connectivity index (χ1) is 12.9. The minimum Gasteiger partial charge on any atom is -0.460 e. The second-order valence-corrected chi connectivity index (χ2v) is 5.94. The van der Waals surface area contributed by atoms with Crippen LogP contribution in [0.4, 0.5) is 0 Å². The highest BCUT2D eigenvalue weighted by Crippen LogP contribution is 2.33. The molecule has 6 nitrogen and oxygen atoms in total. The van der Waals surface area contributed by atoms with Gasteiger partial charge in [-0.3, -0.25) is 0 Å². The van der Waals surface area contributed by atoms with E-state index in [9.17, 15) is 9.59 Å². The zero-order chi connectivity index (χ0) is 19.9. The maximum absolute atomic E-state index is 12.8. The van der Waals surface area contributed by atoms with Gasteiger partial charge in [0, 0.05) is 0 Å². The number of rotatable bonds is 8. The van der Waals surface area contributed by atoms with E-state index in [2.05, 4.69) is 0 Å². The van der Waals surface area contributed by atoms with E-state index in [4.69, 9.17) is 42.1 Å². The van der Waals surface area contributed by atoms with Crippen LogP contribution in [0.15, 0.2) is 48.5 Å². The van der Waals surface area contributed by atoms with Crippen LogP contribution in [0.5, 0.6) is 11.5 Å². The van der Waals surface area contributed by atoms with Gasteiger partial charge in [-0.05, 0) is 38.1 Å². The van der Waals surface area contributed by atoms with Gasteiger partial charge in [0.2, 0.25) is 0 Å². The largest absolute Gasteiger partial charge is 0.460 e. The van der Waals surface area contributed by atoms with E-state index in [1.165, 1.54) is 24.3 Å². The highest BCUT2D eigenvalue weighted by atomic mass is 35.5. The molecule has 0 spiro atoms. The van der Waals surface area contributed by atoms with Crippen LogP contribution in [-0.2, 0) is 19.1 Å². The van der Waals surface area contributed by atoms with E-state index in [1.807, 2.05) is 0 Å². The molecule has 2 aromatic carbocycles. The fourth-order valence-corrected chi connectivity index (χ4v) is 2.44. The molecular formula is C19H18Cl2O6. The Labute approximate surface area is 166 Å². The maximum atomic E-state index is 12.8. The van der Waals surface area contributed by atoms with Crippen LogP contribution in [0.25, 0.3) is 0 Å². The molecule has 0 heterocycles. The van der Waals surface area contributed by atoms with Gasteiger partial charge in [-0.25, -0.2) is 9.59 Å². The topological polar surface area (TPSA) is 71.1 Å². The van der Waals surface area contributed by atoms with Crippen molar-refractivity contribution in [2.45, 2.75) is 19.6 Å². The molecule has 0 unspecified atom stereocenters. The maximum Gasteiger partial charge on any atom is 0.453 e. The van der Waals surface area contributed by atoms with Gasteiger partial charge < -0.3 is 18.9 Å². The summed E-state index contributed by atoms with van der Waals surface area (Å²) in [4.78, 5) is 25.5. The van der Waals surface area contributed by atoms with Crippen LogP contribution in [0, 0.1) is 0 Å². The van der Waals surface area contributed by atoms with Gasteiger partial charge in [0.25, 0.3) is 0 Å². The number of benzene rings is 2. The Hall–Kier alpha value is -2.44. The molecule has 0 amide bonds. The molecule has 0 N–H and O–H groups in total. The minimum absolute atomic E-state index is 0.0161. The van der Waals surface area contributed by atoms with Crippen LogP contribution < -0.4 is 9.47 Å². The second kappa shape index (κ2) is 9.48. The Kier molecular flexibility index (Phi) is 7.33. The number of halogens is 2. The Morgan fingerprint density at radius 1 is 0.778 bits per heavy atom. The molecule has 8 heteroatoms. The Morgan fingerprint density at radius 2 is 1.15 bits per heavy atom. The van der Waals surface area contributed by atoms with Gasteiger partial charge >= 0.3 is 17.7 Å². The van der Waals surface area contributed by atoms with Crippen molar-refractivity contribution < 1.29 is 28.5 Å². The molecule has 0 aliphatic rings. The summed E-state index contributed by atoms with van der Waals surface area (Å²) >= 11 is 12.2. The minimum atomic E-state index is -2.58. The summed E-state index contributed by atoms with van der Waals surface area (Å²) in [7, 11) is 0. The number of para-hydroxylation sites is 2. The molecule has 0 fully saturated rings. The molecule has 0 bridgehead atoms. The Bertz CT molecular complexity index is 741.